The molecule has 2 aromatic rings. The standard InChI is InChI=1S/C12H12.3C2H6/c1-9-6-7-11-5-3-4-10(2)12(11)8-9;3*1-2/h3-8H,1-2H3;3*1-2H3. The van der Waals surface area contributed by atoms with E-state index in [-0.39, 0.29) is 0 Å². The van der Waals surface area contributed by atoms with Crippen molar-refractivity contribution in [3.05, 3.63) is 47.5 Å². The molecule has 0 N–H and O–H groups in total. The zero-order valence-corrected chi connectivity index (χ0v) is 13.5. The van der Waals surface area contributed by atoms with Crippen molar-refractivity contribution in [2.24, 2.45) is 0 Å². The molecule has 0 heteroatoms. The number of aryl methyl sites for hydroxylation is 2. The van der Waals surface area contributed by atoms with Gasteiger partial charge in [0.25, 0.3) is 0 Å². The summed E-state index contributed by atoms with van der Waals surface area (Å²) in [7, 11) is 0. The van der Waals surface area contributed by atoms with E-state index in [1.165, 1.54) is 21.9 Å². The molecule has 18 heavy (non-hydrogen) atoms. The van der Waals surface area contributed by atoms with Crippen molar-refractivity contribution in [2.75, 3.05) is 0 Å². The first kappa shape index (κ1) is 19.0. The fraction of sp³-hybridized carbons (Fsp3) is 0.444. The van der Waals surface area contributed by atoms with Gasteiger partial charge in [0.15, 0.2) is 0 Å². The first-order valence-electron chi connectivity index (χ1n) is 7.23. The second-order valence-corrected chi connectivity index (χ2v) is 3.30. The Bertz CT molecular complexity index is 413. The summed E-state index contributed by atoms with van der Waals surface area (Å²) in [6, 6.07) is 13.0. The molecule has 0 saturated heterocycles. The minimum absolute atomic E-state index is 1.33. The van der Waals surface area contributed by atoms with E-state index in [2.05, 4.69) is 50.2 Å². The smallest absolute Gasteiger partial charge is 0.0152 e. The summed E-state index contributed by atoms with van der Waals surface area (Å²) in [4.78, 5) is 0. The van der Waals surface area contributed by atoms with Gasteiger partial charge in [-0.25, -0.2) is 0 Å². The van der Waals surface area contributed by atoms with Crippen LogP contribution in [0.25, 0.3) is 10.8 Å². The molecule has 0 aliphatic heterocycles. The largest absolute Gasteiger partial charge is 0.0683 e. The van der Waals surface area contributed by atoms with Crippen LogP contribution in [0.4, 0.5) is 0 Å². The lowest BCUT2D eigenvalue weighted by atomic mass is 10.0. The maximum Gasteiger partial charge on any atom is -0.0152 e. The summed E-state index contributed by atoms with van der Waals surface area (Å²) < 4.78 is 0. The predicted octanol–water partition coefficient (Wildman–Crippen LogP) is 6.54. The molecule has 0 aromatic heterocycles. The van der Waals surface area contributed by atoms with Crippen LogP contribution < -0.4 is 0 Å². The molecule has 0 aliphatic carbocycles. The Hall–Kier alpha value is -1.30. The topological polar surface area (TPSA) is 0 Å². The van der Waals surface area contributed by atoms with Gasteiger partial charge in [0.05, 0.1) is 0 Å². The molecule has 0 bridgehead atoms. The summed E-state index contributed by atoms with van der Waals surface area (Å²) >= 11 is 0. The van der Waals surface area contributed by atoms with E-state index in [4.69, 9.17) is 0 Å². The van der Waals surface area contributed by atoms with Gasteiger partial charge in [0, 0.05) is 0 Å². The monoisotopic (exact) mass is 246 g/mol. The molecule has 0 radical (unpaired) electrons. The Labute approximate surface area is 114 Å². The quantitative estimate of drug-likeness (QED) is 0.495. The van der Waals surface area contributed by atoms with Crippen molar-refractivity contribution < 1.29 is 0 Å². The second-order valence-electron chi connectivity index (χ2n) is 3.30. The summed E-state index contributed by atoms with van der Waals surface area (Å²) in [5, 5.41) is 2.71. The Kier molecular flexibility index (Phi) is 12.9. The van der Waals surface area contributed by atoms with Crippen LogP contribution in [0.3, 0.4) is 0 Å². The van der Waals surface area contributed by atoms with Gasteiger partial charge in [-0.3, -0.25) is 0 Å². The van der Waals surface area contributed by atoms with Crippen molar-refractivity contribution in [1.29, 1.82) is 0 Å². The van der Waals surface area contributed by atoms with E-state index in [0.717, 1.165) is 0 Å². The average molecular weight is 246 g/mol. The Morgan fingerprint density at radius 2 is 1.22 bits per heavy atom. The van der Waals surface area contributed by atoms with Crippen LogP contribution in [0.2, 0.25) is 0 Å². The summed E-state index contributed by atoms with van der Waals surface area (Å²) in [5.41, 5.74) is 2.69. The van der Waals surface area contributed by atoms with Crippen LogP contribution in [0, 0.1) is 13.8 Å². The van der Waals surface area contributed by atoms with Gasteiger partial charge in [-0.2, -0.15) is 0 Å². The molecule has 0 nitrogen and oxygen atoms in total. The van der Waals surface area contributed by atoms with Crippen LogP contribution in [0.15, 0.2) is 36.4 Å². The zero-order valence-electron chi connectivity index (χ0n) is 13.5. The van der Waals surface area contributed by atoms with E-state index in [9.17, 15) is 0 Å². The van der Waals surface area contributed by atoms with Crippen molar-refractivity contribution >= 4 is 10.8 Å². The maximum absolute atomic E-state index is 2.24. The molecule has 102 valence electrons. The molecule has 0 fully saturated rings. The third kappa shape index (κ3) is 5.86. The summed E-state index contributed by atoms with van der Waals surface area (Å²) in [6.07, 6.45) is 0. The molecule has 0 unspecified atom stereocenters. The molecule has 0 saturated carbocycles. The molecular formula is C18H30. The van der Waals surface area contributed by atoms with E-state index in [1.807, 2.05) is 41.5 Å². The van der Waals surface area contributed by atoms with Crippen LogP contribution in [0.1, 0.15) is 52.7 Å². The van der Waals surface area contributed by atoms with Crippen molar-refractivity contribution in [3.63, 3.8) is 0 Å². The normalized spacial score (nSPS) is 8.00. The minimum atomic E-state index is 1.33. The van der Waals surface area contributed by atoms with Gasteiger partial charge in [-0.1, -0.05) is 83.5 Å². The van der Waals surface area contributed by atoms with E-state index in [1.54, 1.807) is 0 Å². The molecule has 0 heterocycles. The lowest BCUT2D eigenvalue weighted by Gasteiger charge is -2.01. The third-order valence-electron chi connectivity index (χ3n) is 2.26. The van der Waals surface area contributed by atoms with Crippen molar-refractivity contribution in [2.45, 2.75) is 55.4 Å². The highest BCUT2D eigenvalue weighted by atomic mass is 14.0. The molecule has 0 aliphatic rings. The Balaban J connectivity index is 0. The van der Waals surface area contributed by atoms with E-state index in [0.29, 0.717) is 0 Å². The fourth-order valence-corrected chi connectivity index (χ4v) is 1.54. The third-order valence-corrected chi connectivity index (χ3v) is 2.26. The lowest BCUT2D eigenvalue weighted by molar-refractivity contribution is 1.47. The Morgan fingerprint density at radius 3 is 1.78 bits per heavy atom. The van der Waals surface area contributed by atoms with E-state index >= 15 is 0 Å². The van der Waals surface area contributed by atoms with Crippen LogP contribution in [-0.4, -0.2) is 0 Å². The number of rotatable bonds is 0. The minimum Gasteiger partial charge on any atom is -0.0683 e. The predicted molar refractivity (Wildman–Crippen MR) is 87.5 cm³/mol. The van der Waals surface area contributed by atoms with Gasteiger partial charge < -0.3 is 0 Å². The van der Waals surface area contributed by atoms with Crippen molar-refractivity contribution in [3.8, 4) is 0 Å². The maximum atomic E-state index is 2.24. The second kappa shape index (κ2) is 12.2. The van der Waals surface area contributed by atoms with Crippen LogP contribution >= 0.6 is 0 Å². The highest BCUT2D eigenvalue weighted by Crippen LogP contribution is 2.18. The first-order chi connectivity index (χ1) is 8.77. The highest BCUT2D eigenvalue weighted by Gasteiger charge is 1.95. The fourth-order valence-electron chi connectivity index (χ4n) is 1.54. The van der Waals surface area contributed by atoms with Crippen LogP contribution in [-0.2, 0) is 0 Å². The summed E-state index contributed by atoms with van der Waals surface area (Å²) in [5.74, 6) is 0. The number of hydrogen-bond donors (Lipinski definition) is 0. The summed E-state index contributed by atoms with van der Waals surface area (Å²) in [6.45, 7) is 16.3. The van der Waals surface area contributed by atoms with Gasteiger partial charge in [0.1, 0.15) is 0 Å². The zero-order chi connectivity index (χ0) is 14.6. The molecule has 0 spiro atoms. The van der Waals surface area contributed by atoms with Gasteiger partial charge in [-0.05, 0) is 30.2 Å². The van der Waals surface area contributed by atoms with Gasteiger partial charge >= 0.3 is 0 Å². The molecule has 0 amide bonds. The van der Waals surface area contributed by atoms with Crippen molar-refractivity contribution in [1.82, 2.24) is 0 Å². The molecule has 2 aromatic carbocycles. The van der Waals surface area contributed by atoms with Crippen LogP contribution in [0.5, 0.6) is 0 Å². The molecule has 0 atom stereocenters. The lowest BCUT2D eigenvalue weighted by Crippen LogP contribution is -1.78. The molecule has 2 rings (SSSR count). The Morgan fingerprint density at radius 1 is 0.667 bits per heavy atom. The van der Waals surface area contributed by atoms with E-state index < -0.39 is 0 Å². The number of benzene rings is 2. The van der Waals surface area contributed by atoms with Gasteiger partial charge in [-0.15, -0.1) is 0 Å². The number of hydrogen-bond acceptors (Lipinski definition) is 0. The molecular weight excluding hydrogens is 216 g/mol. The first-order valence-corrected chi connectivity index (χ1v) is 7.23. The number of fused-ring (bicyclic) bond motifs is 1. The SMILES string of the molecule is CC.CC.CC.Cc1ccc2cccc(C)c2c1. The average Bonchev–Trinajstić information content (AvgIpc) is 2.46. The highest BCUT2D eigenvalue weighted by molar-refractivity contribution is 5.86. The van der Waals surface area contributed by atoms with Gasteiger partial charge in [0.2, 0.25) is 0 Å².